The average Bonchev–Trinajstić information content (AvgIpc) is 3.16. The molecule has 8 heteroatoms. The van der Waals surface area contributed by atoms with E-state index in [1.54, 1.807) is 42.7 Å². The van der Waals surface area contributed by atoms with Crippen LogP contribution in [0.2, 0.25) is 0 Å². The first kappa shape index (κ1) is 17.3. The number of benzene rings is 1. The third-order valence-electron chi connectivity index (χ3n) is 3.52. The van der Waals surface area contributed by atoms with E-state index >= 15 is 0 Å². The molecule has 0 aliphatic heterocycles. The summed E-state index contributed by atoms with van der Waals surface area (Å²) in [7, 11) is 1.30. The van der Waals surface area contributed by atoms with Crippen LogP contribution in [-0.2, 0) is 16.0 Å². The predicted octanol–water partition coefficient (Wildman–Crippen LogP) is 2.49. The van der Waals surface area contributed by atoms with Gasteiger partial charge in [-0.2, -0.15) is 4.98 Å². The summed E-state index contributed by atoms with van der Waals surface area (Å²) in [5, 5.41) is 6.60. The smallest absolute Gasteiger partial charge is 0.337 e. The molecule has 2 aromatic heterocycles. The number of esters is 1. The van der Waals surface area contributed by atoms with Gasteiger partial charge in [-0.15, -0.1) is 0 Å². The Morgan fingerprint density at radius 3 is 2.88 bits per heavy atom. The number of aromatic nitrogens is 3. The van der Waals surface area contributed by atoms with Crippen LogP contribution in [-0.4, -0.2) is 34.1 Å². The normalized spacial score (nSPS) is 10.3. The largest absolute Gasteiger partial charge is 0.465 e. The Labute approximate surface area is 149 Å². The second kappa shape index (κ2) is 8.02. The fourth-order valence-corrected chi connectivity index (χ4v) is 2.25. The number of hydrogen-bond donors (Lipinski definition) is 1. The van der Waals surface area contributed by atoms with Gasteiger partial charge >= 0.3 is 5.97 Å². The highest BCUT2D eigenvalue weighted by molar-refractivity contribution is 5.94. The van der Waals surface area contributed by atoms with E-state index in [2.05, 4.69) is 25.2 Å². The molecule has 0 fully saturated rings. The van der Waals surface area contributed by atoms with Crippen molar-refractivity contribution in [3.05, 3.63) is 60.2 Å². The maximum absolute atomic E-state index is 12.1. The SMILES string of the molecule is COC(=O)c1cccc(NC(=O)CCc2nc(-c3cccnc3)no2)c1. The Morgan fingerprint density at radius 1 is 1.23 bits per heavy atom. The van der Waals surface area contributed by atoms with Gasteiger partial charge in [-0.3, -0.25) is 9.78 Å². The number of methoxy groups -OCH3 is 1. The zero-order chi connectivity index (χ0) is 18.4. The second-order valence-corrected chi connectivity index (χ2v) is 5.37. The number of ether oxygens (including phenoxy) is 1. The lowest BCUT2D eigenvalue weighted by atomic mass is 10.2. The van der Waals surface area contributed by atoms with Crippen molar-refractivity contribution in [2.24, 2.45) is 0 Å². The molecule has 0 spiro atoms. The van der Waals surface area contributed by atoms with Crippen LogP contribution in [0.3, 0.4) is 0 Å². The molecule has 1 amide bonds. The lowest BCUT2D eigenvalue weighted by Gasteiger charge is -2.06. The van der Waals surface area contributed by atoms with E-state index < -0.39 is 5.97 Å². The molecule has 3 rings (SSSR count). The summed E-state index contributed by atoms with van der Waals surface area (Å²) in [6.07, 6.45) is 3.76. The molecule has 8 nitrogen and oxygen atoms in total. The highest BCUT2D eigenvalue weighted by Gasteiger charge is 2.12. The molecule has 0 atom stereocenters. The first-order chi connectivity index (χ1) is 12.7. The van der Waals surface area contributed by atoms with Gasteiger partial charge < -0.3 is 14.6 Å². The van der Waals surface area contributed by atoms with E-state index in [0.717, 1.165) is 5.56 Å². The Balaban J connectivity index is 1.56. The van der Waals surface area contributed by atoms with Crippen molar-refractivity contribution < 1.29 is 18.8 Å². The molecule has 1 N–H and O–H groups in total. The summed E-state index contributed by atoms with van der Waals surface area (Å²) in [5.41, 5.74) is 1.62. The molecule has 0 unspecified atom stereocenters. The van der Waals surface area contributed by atoms with Crippen molar-refractivity contribution >= 4 is 17.6 Å². The summed E-state index contributed by atoms with van der Waals surface area (Å²) < 4.78 is 9.81. The second-order valence-electron chi connectivity index (χ2n) is 5.37. The minimum absolute atomic E-state index is 0.164. The van der Waals surface area contributed by atoms with Gasteiger partial charge in [0.05, 0.1) is 12.7 Å². The van der Waals surface area contributed by atoms with E-state index in [4.69, 9.17) is 4.52 Å². The molecule has 0 aliphatic carbocycles. The Morgan fingerprint density at radius 2 is 2.12 bits per heavy atom. The number of carbonyl (C=O) groups is 2. The maximum atomic E-state index is 12.1. The number of nitrogens with one attached hydrogen (secondary N) is 1. The van der Waals surface area contributed by atoms with E-state index in [0.29, 0.717) is 29.4 Å². The van der Waals surface area contributed by atoms with Crippen molar-refractivity contribution in [2.75, 3.05) is 12.4 Å². The van der Waals surface area contributed by atoms with E-state index in [1.807, 2.05) is 6.07 Å². The Kier molecular flexibility index (Phi) is 5.33. The standard InChI is InChI=1S/C18H16N4O4/c1-25-18(24)12-4-2-6-14(10-12)20-15(23)7-8-16-21-17(22-26-16)13-5-3-9-19-11-13/h2-6,9-11H,7-8H2,1H3,(H,20,23). The van der Waals surface area contributed by atoms with Crippen molar-refractivity contribution in [3.63, 3.8) is 0 Å². The lowest BCUT2D eigenvalue weighted by Crippen LogP contribution is -2.13. The van der Waals surface area contributed by atoms with Gasteiger partial charge in [-0.05, 0) is 30.3 Å². The number of amides is 1. The first-order valence-corrected chi connectivity index (χ1v) is 7.87. The van der Waals surface area contributed by atoms with Crippen LogP contribution in [0.5, 0.6) is 0 Å². The molecule has 132 valence electrons. The monoisotopic (exact) mass is 352 g/mol. The molecule has 26 heavy (non-hydrogen) atoms. The van der Waals surface area contributed by atoms with Gasteiger partial charge in [0.1, 0.15) is 0 Å². The molecular weight excluding hydrogens is 336 g/mol. The highest BCUT2D eigenvalue weighted by atomic mass is 16.5. The lowest BCUT2D eigenvalue weighted by molar-refractivity contribution is -0.116. The number of aryl methyl sites for hydroxylation is 1. The molecule has 0 saturated carbocycles. The van der Waals surface area contributed by atoms with Crippen LogP contribution in [0, 0.1) is 0 Å². The Bertz CT molecular complexity index is 908. The fourth-order valence-electron chi connectivity index (χ4n) is 2.25. The van der Waals surface area contributed by atoms with Gasteiger partial charge in [0.2, 0.25) is 17.6 Å². The number of carbonyl (C=O) groups excluding carboxylic acids is 2. The third kappa shape index (κ3) is 4.29. The fraction of sp³-hybridized carbons (Fsp3) is 0.167. The van der Waals surface area contributed by atoms with Crippen LogP contribution < -0.4 is 5.32 Å². The topological polar surface area (TPSA) is 107 Å². The van der Waals surface area contributed by atoms with E-state index in [1.165, 1.54) is 7.11 Å². The molecule has 3 aromatic rings. The first-order valence-electron chi connectivity index (χ1n) is 7.87. The van der Waals surface area contributed by atoms with E-state index in [9.17, 15) is 9.59 Å². The number of nitrogens with zero attached hydrogens (tertiary/aromatic N) is 3. The Hall–Kier alpha value is -3.55. The van der Waals surface area contributed by atoms with Gasteiger partial charge in [0.15, 0.2) is 0 Å². The molecule has 1 aromatic carbocycles. The van der Waals surface area contributed by atoms with Gasteiger partial charge in [-0.1, -0.05) is 11.2 Å². The molecule has 2 heterocycles. The average molecular weight is 352 g/mol. The summed E-state index contributed by atoms with van der Waals surface area (Å²) in [6.45, 7) is 0. The molecule has 0 saturated heterocycles. The zero-order valence-electron chi connectivity index (χ0n) is 14.0. The van der Waals surface area contributed by atoms with Crippen molar-refractivity contribution in [2.45, 2.75) is 12.8 Å². The number of anilines is 1. The van der Waals surface area contributed by atoms with E-state index in [-0.39, 0.29) is 12.3 Å². The number of rotatable bonds is 6. The van der Waals surface area contributed by atoms with Crippen LogP contribution in [0.1, 0.15) is 22.7 Å². The number of pyridine rings is 1. The maximum Gasteiger partial charge on any atom is 0.337 e. The minimum atomic E-state index is -0.463. The number of hydrogen-bond acceptors (Lipinski definition) is 7. The molecule has 0 aliphatic rings. The summed E-state index contributed by atoms with van der Waals surface area (Å²) in [5.74, 6) is 0.102. The van der Waals surface area contributed by atoms with Crippen LogP contribution >= 0.6 is 0 Å². The summed E-state index contributed by atoms with van der Waals surface area (Å²) in [4.78, 5) is 31.8. The van der Waals surface area contributed by atoms with Crippen molar-refractivity contribution in [1.29, 1.82) is 0 Å². The van der Waals surface area contributed by atoms with Crippen molar-refractivity contribution in [3.8, 4) is 11.4 Å². The third-order valence-corrected chi connectivity index (χ3v) is 3.52. The molecular formula is C18H16N4O4. The van der Waals surface area contributed by atoms with Gasteiger partial charge in [0, 0.05) is 36.5 Å². The van der Waals surface area contributed by atoms with Crippen LogP contribution in [0.4, 0.5) is 5.69 Å². The van der Waals surface area contributed by atoms with Crippen LogP contribution in [0.15, 0.2) is 53.3 Å². The highest BCUT2D eigenvalue weighted by Crippen LogP contribution is 2.15. The molecule has 0 radical (unpaired) electrons. The van der Waals surface area contributed by atoms with Gasteiger partial charge in [0.25, 0.3) is 0 Å². The van der Waals surface area contributed by atoms with Crippen LogP contribution in [0.25, 0.3) is 11.4 Å². The van der Waals surface area contributed by atoms with Gasteiger partial charge in [-0.25, -0.2) is 4.79 Å². The zero-order valence-corrected chi connectivity index (χ0v) is 14.0. The molecule has 0 bridgehead atoms. The predicted molar refractivity (Wildman–Crippen MR) is 92.3 cm³/mol. The quantitative estimate of drug-likeness (QED) is 0.679. The minimum Gasteiger partial charge on any atom is -0.465 e. The van der Waals surface area contributed by atoms with Crippen molar-refractivity contribution in [1.82, 2.24) is 15.1 Å². The summed E-state index contributed by atoms with van der Waals surface area (Å²) >= 11 is 0. The summed E-state index contributed by atoms with van der Waals surface area (Å²) in [6, 6.07) is 10.1.